The number of benzene rings is 6. The van der Waals surface area contributed by atoms with Crippen LogP contribution in [0.3, 0.4) is 0 Å². The summed E-state index contributed by atoms with van der Waals surface area (Å²) in [6.45, 7) is 6.56. The van der Waals surface area contributed by atoms with E-state index < -0.39 is 11.7 Å². The van der Waals surface area contributed by atoms with Crippen molar-refractivity contribution in [2.75, 3.05) is 5.32 Å². The summed E-state index contributed by atoms with van der Waals surface area (Å²) < 4.78 is 40.5. The van der Waals surface area contributed by atoms with Gasteiger partial charge in [0.1, 0.15) is 0 Å². The van der Waals surface area contributed by atoms with Gasteiger partial charge in [-0.15, -0.1) is 0 Å². The summed E-state index contributed by atoms with van der Waals surface area (Å²) in [5.74, 6) is 1.40. The van der Waals surface area contributed by atoms with Gasteiger partial charge in [0.2, 0.25) is 0 Å². The third-order valence-electron chi connectivity index (χ3n) is 12.3. The number of anilines is 1. The molecule has 2 aliphatic carbocycles. The lowest BCUT2D eigenvalue weighted by Gasteiger charge is -2.29. The monoisotopic (exact) mass is 734 g/mol. The largest absolute Gasteiger partial charge is 0.416 e. The van der Waals surface area contributed by atoms with E-state index in [0.717, 1.165) is 61.9 Å². The van der Waals surface area contributed by atoms with Crippen LogP contribution < -0.4 is 5.32 Å². The number of rotatable bonds is 9. The van der Waals surface area contributed by atoms with E-state index in [1.807, 2.05) is 54.6 Å². The van der Waals surface area contributed by atoms with Gasteiger partial charge in [-0.1, -0.05) is 113 Å². The first-order valence-electron chi connectivity index (χ1n) is 19.8. The van der Waals surface area contributed by atoms with Crippen LogP contribution in [0.15, 0.2) is 115 Å². The Balaban J connectivity index is 0.930. The molecule has 0 aliphatic heterocycles. The van der Waals surface area contributed by atoms with Crippen LogP contribution in [0, 0.1) is 12.0 Å². The molecule has 1 N–H and O–H groups in total. The second-order valence-electron chi connectivity index (χ2n) is 16.2. The Bertz CT molecular complexity index is 2330. The number of fused-ring (bicyclic) bond motifs is 5. The molecule has 2 aliphatic rings. The zero-order valence-electron chi connectivity index (χ0n) is 31.8. The van der Waals surface area contributed by atoms with Crippen LogP contribution in [-0.4, -0.2) is 5.91 Å². The Labute approximate surface area is 322 Å². The van der Waals surface area contributed by atoms with Crippen LogP contribution in [-0.2, 0) is 11.6 Å². The minimum absolute atomic E-state index is 0.173. The highest BCUT2D eigenvalue weighted by molar-refractivity contribution is 6.05. The molecule has 0 heterocycles. The van der Waals surface area contributed by atoms with E-state index in [-0.39, 0.29) is 11.3 Å². The lowest BCUT2D eigenvalue weighted by Crippen LogP contribution is -2.14. The van der Waals surface area contributed by atoms with E-state index in [0.29, 0.717) is 22.6 Å². The molecule has 1 fully saturated rings. The summed E-state index contributed by atoms with van der Waals surface area (Å²) in [7, 11) is 0. The molecule has 0 saturated heterocycles. The van der Waals surface area contributed by atoms with Crippen molar-refractivity contribution >= 4 is 22.4 Å². The summed E-state index contributed by atoms with van der Waals surface area (Å²) in [5.41, 5.74) is 10.1. The molecule has 0 aromatic heterocycles. The molecule has 0 atom stereocenters. The Morgan fingerprint density at radius 1 is 0.745 bits per heavy atom. The number of carbonyl (C=O) groups is 1. The van der Waals surface area contributed by atoms with Crippen molar-refractivity contribution in [1.82, 2.24) is 0 Å². The Kier molecular flexibility index (Phi) is 9.92. The van der Waals surface area contributed by atoms with Gasteiger partial charge in [-0.05, 0) is 153 Å². The van der Waals surface area contributed by atoms with Gasteiger partial charge in [-0.25, -0.2) is 0 Å². The van der Waals surface area contributed by atoms with Crippen molar-refractivity contribution in [3.63, 3.8) is 0 Å². The van der Waals surface area contributed by atoms with Crippen LogP contribution >= 0.6 is 0 Å². The fourth-order valence-electron chi connectivity index (χ4n) is 9.01. The molecule has 6 aromatic rings. The van der Waals surface area contributed by atoms with Gasteiger partial charge in [-0.2, -0.15) is 13.2 Å². The van der Waals surface area contributed by atoms with Crippen molar-refractivity contribution < 1.29 is 18.0 Å². The fraction of sp³-hybridized carbons (Fsp3) is 0.300. The Morgan fingerprint density at radius 3 is 2.05 bits per heavy atom. The molecule has 6 aromatic carbocycles. The normalized spacial score (nSPS) is 17.5. The SMILES string of the molecule is CCCCC[C@H]1CC[C@H](c2ccc(-c3ccc(C(=O)Nc4ccc(-c5ccc6c(c5)-c5c(c[c]c7cc(C(F)(F)F)ccc57)C6(C)C)cc4)cc3)cc2)CC1. The predicted octanol–water partition coefficient (Wildman–Crippen LogP) is 14.4. The number of nitrogens with one attached hydrogen (secondary N) is 1. The molecule has 0 unspecified atom stereocenters. The zero-order valence-corrected chi connectivity index (χ0v) is 31.8. The van der Waals surface area contributed by atoms with Crippen LogP contribution in [0.5, 0.6) is 0 Å². The van der Waals surface area contributed by atoms with Gasteiger partial charge in [0, 0.05) is 16.7 Å². The van der Waals surface area contributed by atoms with Crippen LogP contribution in [0.1, 0.15) is 111 Å². The number of alkyl halides is 3. The molecule has 0 bridgehead atoms. The van der Waals surface area contributed by atoms with Gasteiger partial charge >= 0.3 is 6.18 Å². The van der Waals surface area contributed by atoms with E-state index in [1.54, 1.807) is 6.07 Å². The average molecular weight is 735 g/mol. The highest BCUT2D eigenvalue weighted by Crippen LogP contribution is 2.52. The van der Waals surface area contributed by atoms with Crippen molar-refractivity contribution in [1.29, 1.82) is 0 Å². The van der Waals surface area contributed by atoms with E-state index in [4.69, 9.17) is 0 Å². The Morgan fingerprint density at radius 2 is 1.38 bits per heavy atom. The number of halogens is 3. The highest BCUT2D eigenvalue weighted by atomic mass is 19.4. The van der Waals surface area contributed by atoms with Gasteiger partial charge in [0.05, 0.1) is 5.56 Å². The minimum Gasteiger partial charge on any atom is -0.322 e. The maximum Gasteiger partial charge on any atom is 0.416 e. The third kappa shape index (κ3) is 7.34. The number of amides is 1. The molecule has 1 saturated carbocycles. The van der Waals surface area contributed by atoms with Gasteiger partial charge < -0.3 is 5.32 Å². The fourth-order valence-corrected chi connectivity index (χ4v) is 9.01. The van der Waals surface area contributed by atoms with E-state index in [9.17, 15) is 18.0 Å². The summed E-state index contributed by atoms with van der Waals surface area (Å²) in [5, 5.41) is 4.25. The van der Waals surface area contributed by atoms with E-state index in [1.165, 1.54) is 63.0 Å². The van der Waals surface area contributed by atoms with Crippen LogP contribution in [0.2, 0.25) is 0 Å². The molecule has 1 radical (unpaired) electrons. The first-order chi connectivity index (χ1) is 26.5. The molecular formula is C50H47F3NO. The van der Waals surface area contributed by atoms with Crippen molar-refractivity contribution in [3.8, 4) is 33.4 Å². The predicted molar refractivity (Wildman–Crippen MR) is 219 cm³/mol. The first-order valence-corrected chi connectivity index (χ1v) is 19.8. The smallest absolute Gasteiger partial charge is 0.322 e. The van der Waals surface area contributed by atoms with Crippen molar-refractivity contribution in [2.45, 2.75) is 89.6 Å². The lowest BCUT2D eigenvalue weighted by molar-refractivity contribution is -0.137. The molecule has 0 spiro atoms. The maximum atomic E-state index is 13.5. The minimum atomic E-state index is -4.42. The van der Waals surface area contributed by atoms with Gasteiger partial charge in [0.15, 0.2) is 0 Å². The average Bonchev–Trinajstić information content (AvgIpc) is 3.43. The Hall–Kier alpha value is -5.16. The maximum absolute atomic E-state index is 13.5. The molecule has 5 heteroatoms. The molecule has 55 heavy (non-hydrogen) atoms. The number of carbonyl (C=O) groups excluding carboxylic acids is 1. The second-order valence-corrected chi connectivity index (χ2v) is 16.2. The van der Waals surface area contributed by atoms with Crippen molar-refractivity contribution in [3.05, 3.63) is 149 Å². The highest BCUT2D eigenvalue weighted by Gasteiger charge is 2.37. The topological polar surface area (TPSA) is 29.1 Å². The second kappa shape index (κ2) is 14.8. The number of unbranched alkanes of at least 4 members (excludes halogenated alkanes) is 2. The van der Waals surface area contributed by atoms with Gasteiger partial charge in [-0.3, -0.25) is 4.79 Å². The molecule has 8 rings (SSSR count). The van der Waals surface area contributed by atoms with Crippen LogP contribution in [0.25, 0.3) is 44.2 Å². The molecule has 279 valence electrons. The van der Waals surface area contributed by atoms with Crippen molar-refractivity contribution in [2.24, 2.45) is 5.92 Å². The molecule has 1 amide bonds. The molecular weight excluding hydrogens is 688 g/mol. The quantitative estimate of drug-likeness (QED) is 0.147. The summed E-state index contributed by atoms with van der Waals surface area (Å²) >= 11 is 0. The van der Waals surface area contributed by atoms with E-state index >= 15 is 0 Å². The number of hydrogen-bond donors (Lipinski definition) is 1. The molecule has 2 nitrogen and oxygen atoms in total. The zero-order chi connectivity index (χ0) is 38.3. The summed E-state index contributed by atoms with van der Waals surface area (Å²) in [4.78, 5) is 13.2. The van der Waals surface area contributed by atoms with Gasteiger partial charge in [0.25, 0.3) is 5.91 Å². The van der Waals surface area contributed by atoms with E-state index in [2.05, 4.69) is 74.6 Å². The number of hydrogen-bond acceptors (Lipinski definition) is 1. The summed E-state index contributed by atoms with van der Waals surface area (Å²) in [6.07, 6.45) is 6.31. The standard InChI is InChI=1S/C50H47F3NO/c1-4-5-6-7-32-8-10-33(11-9-32)34-12-14-35(15-13-34)36-16-18-38(19-17-36)48(55)54-42-25-20-37(21-26-42)39-22-28-45-44(31-39)47-43-27-24-41(50(51,52)53)30-40(43)23-29-46(47)49(45,2)3/h12-22,24-33H,4-11H2,1-3H3,(H,54,55)/t32-,33-. The van der Waals surface area contributed by atoms with Crippen LogP contribution in [0.4, 0.5) is 18.9 Å². The first kappa shape index (κ1) is 36.8. The third-order valence-corrected chi connectivity index (χ3v) is 12.3. The lowest BCUT2D eigenvalue weighted by atomic mass is 9.77. The summed E-state index contributed by atoms with van der Waals surface area (Å²) in [6, 6.07) is 39.8.